The van der Waals surface area contributed by atoms with Gasteiger partial charge in [-0.25, -0.2) is 9.97 Å². The molecule has 0 fully saturated rings. The molecule has 6 heteroatoms. The largest absolute Gasteiger partial charge is 0.340 e. The van der Waals surface area contributed by atoms with Gasteiger partial charge in [-0.1, -0.05) is 36.4 Å². The summed E-state index contributed by atoms with van der Waals surface area (Å²) in [6.45, 7) is 4.71. The fourth-order valence-electron chi connectivity index (χ4n) is 3.04. The second kappa shape index (κ2) is 6.55. The van der Waals surface area contributed by atoms with E-state index in [0.717, 1.165) is 39.2 Å². The number of nitrogens with one attached hydrogen (secondary N) is 1. The molecule has 0 radical (unpaired) electrons. The maximum atomic E-state index is 4.70. The third-order valence-electron chi connectivity index (χ3n) is 4.46. The Morgan fingerprint density at radius 2 is 1.77 bits per heavy atom. The Morgan fingerprint density at radius 1 is 0.962 bits per heavy atom. The Hall–Kier alpha value is -3.28. The van der Waals surface area contributed by atoms with E-state index in [1.807, 2.05) is 42.3 Å². The topological polar surface area (TPSA) is 70.6 Å². The SMILES string of the molecule is Cc1ccccc1-c1cnnc(N(C)Cc2nc3c(C)cccc3[nH]2)n1. The van der Waals surface area contributed by atoms with Crippen molar-refractivity contribution in [2.45, 2.75) is 20.4 Å². The van der Waals surface area contributed by atoms with E-state index in [-0.39, 0.29) is 0 Å². The average molecular weight is 344 g/mol. The van der Waals surface area contributed by atoms with E-state index >= 15 is 0 Å². The molecule has 0 atom stereocenters. The van der Waals surface area contributed by atoms with Gasteiger partial charge in [0.15, 0.2) is 0 Å². The molecule has 2 aromatic carbocycles. The molecule has 4 aromatic rings. The quantitative estimate of drug-likeness (QED) is 0.612. The van der Waals surface area contributed by atoms with Gasteiger partial charge in [0.25, 0.3) is 0 Å². The van der Waals surface area contributed by atoms with Crippen molar-refractivity contribution in [3.8, 4) is 11.3 Å². The Kier molecular flexibility index (Phi) is 4.08. The van der Waals surface area contributed by atoms with Gasteiger partial charge in [-0.15, -0.1) is 5.10 Å². The Balaban J connectivity index is 1.62. The summed E-state index contributed by atoms with van der Waals surface area (Å²) in [6, 6.07) is 14.3. The van der Waals surface area contributed by atoms with Gasteiger partial charge in [0.2, 0.25) is 5.95 Å². The predicted molar refractivity (Wildman–Crippen MR) is 103 cm³/mol. The fraction of sp³-hybridized carbons (Fsp3) is 0.200. The molecule has 0 aliphatic carbocycles. The van der Waals surface area contributed by atoms with Crippen LogP contribution in [0.1, 0.15) is 17.0 Å². The van der Waals surface area contributed by atoms with Crippen molar-refractivity contribution in [3.63, 3.8) is 0 Å². The van der Waals surface area contributed by atoms with Crippen LogP contribution >= 0.6 is 0 Å². The van der Waals surface area contributed by atoms with Crippen molar-refractivity contribution in [1.29, 1.82) is 0 Å². The number of hydrogen-bond donors (Lipinski definition) is 1. The highest BCUT2D eigenvalue weighted by Gasteiger charge is 2.12. The van der Waals surface area contributed by atoms with Crippen molar-refractivity contribution in [1.82, 2.24) is 25.1 Å². The summed E-state index contributed by atoms with van der Waals surface area (Å²) >= 11 is 0. The first-order chi connectivity index (χ1) is 12.6. The summed E-state index contributed by atoms with van der Waals surface area (Å²) in [7, 11) is 1.94. The van der Waals surface area contributed by atoms with Crippen LogP contribution in [0.4, 0.5) is 5.95 Å². The molecule has 6 nitrogen and oxygen atoms in total. The number of rotatable bonds is 4. The monoisotopic (exact) mass is 344 g/mol. The van der Waals surface area contributed by atoms with Gasteiger partial charge in [-0.3, -0.25) is 0 Å². The number of fused-ring (bicyclic) bond motifs is 1. The Morgan fingerprint density at radius 3 is 2.58 bits per heavy atom. The van der Waals surface area contributed by atoms with E-state index in [0.29, 0.717) is 12.5 Å². The molecule has 4 rings (SSSR count). The first-order valence-corrected chi connectivity index (χ1v) is 8.53. The van der Waals surface area contributed by atoms with Crippen molar-refractivity contribution < 1.29 is 0 Å². The van der Waals surface area contributed by atoms with Gasteiger partial charge in [0.05, 0.1) is 29.5 Å². The molecule has 0 amide bonds. The number of nitrogens with zero attached hydrogens (tertiary/aromatic N) is 5. The fourth-order valence-corrected chi connectivity index (χ4v) is 3.04. The molecule has 130 valence electrons. The van der Waals surface area contributed by atoms with Gasteiger partial charge in [0.1, 0.15) is 5.82 Å². The highest BCUT2D eigenvalue weighted by molar-refractivity contribution is 5.78. The van der Waals surface area contributed by atoms with Crippen molar-refractivity contribution >= 4 is 17.0 Å². The summed E-state index contributed by atoms with van der Waals surface area (Å²) in [5.41, 5.74) is 6.25. The normalized spacial score (nSPS) is 11.0. The lowest BCUT2D eigenvalue weighted by Crippen LogP contribution is -2.20. The maximum Gasteiger partial charge on any atom is 0.246 e. The number of benzene rings is 2. The van der Waals surface area contributed by atoms with Crippen LogP contribution in [0.3, 0.4) is 0 Å². The molecule has 26 heavy (non-hydrogen) atoms. The number of aromatic amines is 1. The van der Waals surface area contributed by atoms with E-state index in [1.54, 1.807) is 6.20 Å². The number of aryl methyl sites for hydroxylation is 2. The van der Waals surface area contributed by atoms with Gasteiger partial charge in [0, 0.05) is 12.6 Å². The maximum absolute atomic E-state index is 4.70. The molecule has 0 bridgehead atoms. The highest BCUT2D eigenvalue weighted by atomic mass is 15.3. The third kappa shape index (κ3) is 3.01. The summed E-state index contributed by atoms with van der Waals surface area (Å²) in [5.74, 6) is 1.45. The summed E-state index contributed by atoms with van der Waals surface area (Å²) in [4.78, 5) is 14.7. The molecular weight excluding hydrogens is 324 g/mol. The third-order valence-corrected chi connectivity index (χ3v) is 4.46. The molecule has 0 saturated heterocycles. The number of anilines is 1. The smallest absolute Gasteiger partial charge is 0.246 e. The van der Waals surface area contributed by atoms with Crippen molar-refractivity contribution in [3.05, 3.63) is 65.6 Å². The molecule has 2 aromatic heterocycles. The van der Waals surface area contributed by atoms with Gasteiger partial charge < -0.3 is 9.88 Å². The zero-order valence-electron chi connectivity index (χ0n) is 15.1. The van der Waals surface area contributed by atoms with Crippen LogP contribution in [0.5, 0.6) is 0 Å². The first-order valence-electron chi connectivity index (χ1n) is 8.53. The lowest BCUT2D eigenvalue weighted by atomic mass is 10.1. The predicted octanol–water partition coefficient (Wildman–Crippen LogP) is 3.67. The second-order valence-corrected chi connectivity index (χ2v) is 6.47. The van der Waals surface area contributed by atoms with Crippen LogP contribution in [0, 0.1) is 13.8 Å². The van der Waals surface area contributed by atoms with E-state index < -0.39 is 0 Å². The van der Waals surface area contributed by atoms with Crippen LogP contribution in [0.25, 0.3) is 22.3 Å². The average Bonchev–Trinajstić information content (AvgIpc) is 3.06. The standard InChI is InChI=1S/C20H20N6/c1-13-7-4-5-9-15(13)17-11-21-25-20(23-17)26(3)12-18-22-16-10-6-8-14(2)19(16)24-18/h4-11H,12H2,1-3H3,(H,22,24). The van der Waals surface area contributed by atoms with E-state index in [4.69, 9.17) is 4.98 Å². The lowest BCUT2D eigenvalue weighted by Gasteiger charge is -2.15. The number of H-pyrrole nitrogens is 1. The van der Waals surface area contributed by atoms with Crippen LogP contribution in [0.15, 0.2) is 48.7 Å². The Bertz CT molecular complexity index is 1070. The van der Waals surface area contributed by atoms with Crippen LogP contribution in [-0.2, 0) is 6.54 Å². The van der Waals surface area contributed by atoms with Crippen LogP contribution in [-0.4, -0.2) is 32.2 Å². The molecule has 0 spiro atoms. The summed E-state index contributed by atoms with van der Waals surface area (Å²) < 4.78 is 0. The van der Waals surface area contributed by atoms with Gasteiger partial charge in [-0.2, -0.15) is 5.10 Å². The molecule has 1 N–H and O–H groups in total. The van der Waals surface area contributed by atoms with Crippen LogP contribution < -0.4 is 4.90 Å². The molecule has 0 unspecified atom stereocenters. The number of hydrogen-bond acceptors (Lipinski definition) is 5. The minimum absolute atomic E-state index is 0.572. The molecule has 2 heterocycles. The minimum Gasteiger partial charge on any atom is -0.340 e. The van der Waals surface area contributed by atoms with Crippen molar-refractivity contribution in [2.24, 2.45) is 0 Å². The summed E-state index contributed by atoms with van der Waals surface area (Å²) in [6.07, 6.45) is 1.70. The second-order valence-electron chi connectivity index (χ2n) is 6.47. The van der Waals surface area contributed by atoms with Crippen molar-refractivity contribution in [2.75, 3.05) is 11.9 Å². The Labute approximate surface area is 152 Å². The summed E-state index contributed by atoms with van der Waals surface area (Å²) in [5, 5.41) is 8.32. The molecule has 0 aliphatic rings. The molecule has 0 saturated carbocycles. The van der Waals surface area contributed by atoms with Gasteiger partial charge in [-0.05, 0) is 31.0 Å². The van der Waals surface area contributed by atoms with Crippen LogP contribution in [0.2, 0.25) is 0 Å². The van der Waals surface area contributed by atoms with E-state index in [9.17, 15) is 0 Å². The van der Waals surface area contributed by atoms with E-state index in [1.165, 1.54) is 0 Å². The minimum atomic E-state index is 0.572. The van der Waals surface area contributed by atoms with E-state index in [2.05, 4.69) is 46.1 Å². The molecule has 0 aliphatic heterocycles. The first kappa shape index (κ1) is 16.2. The molecular formula is C20H20N6. The number of imidazole rings is 1. The number of para-hydroxylation sites is 1. The lowest BCUT2D eigenvalue weighted by molar-refractivity contribution is 0.802. The highest BCUT2D eigenvalue weighted by Crippen LogP contribution is 2.22. The zero-order chi connectivity index (χ0) is 18.1. The number of aromatic nitrogens is 5. The zero-order valence-corrected chi connectivity index (χ0v) is 15.1. The van der Waals surface area contributed by atoms with Gasteiger partial charge >= 0.3 is 0 Å².